The van der Waals surface area contributed by atoms with Gasteiger partial charge in [0.1, 0.15) is 0 Å². The first-order valence-corrected chi connectivity index (χ1v) is 18.3. The summed E-state index contributed by atoms with van der Waals surface area (Å²) in [5.74, 6) is 0. The smallest absolute Gasteiger partial charge is 0.0168 e. The summed E-state index contributed by atoms with van der Waals surface area (Å²) in [6, 6.07) is 0.706. The van der Waals surface area contributed by atoms with Gasteiger partial charge in [0.15, 0.2) is 0 Å². The molecule has 4 heterocycles. The van der Waals surface area contributed by atoms with Crippen LogP contribution < -0.4 is 0 Å². The van der Waals surface area contributed by atoms with E-state index in [1.807, 2.05) is 0 Å². The molecule has 246 valence electrons. The highest BCUT2D eigenvalue weighted by Gasteiger charge is 2.47. The zero-order chi connectivity index (χ0) is 31.0. The van der Waals surface area contributed by atoms with Gasteiger partial charge in [0.05, 0.1) is 0 Å². The number of hydrogen-bond donors (Lipinski definition) is 0. The first kappa shape index (κ1) is 34.7. The zero-order valence-electron chi connectivity index (χ0n) is 30.5. The molecule has 0 N–H and O–H groups in total. The van der Waals surface area contributed by atoms with Crippen molar-refractivity contribution in [1.82, 2.24) is 19.6 Å². The summed E-state index contributed by atoms with van der Waals surface area (Å²) in [6.07, 6.45) is 16.8. The summed E-state index contributed by atoms with van der Waals surface area (Å²) in [5.41, 5.74) is 2.52. The van der Waals surface area contributed by atoms with E-state index >= 15 is 0 Å². The molecule has 0 aromatic carbocycles. The summed E-state index contributed by atoms with van der Waals surface area (Å²) >= 11 is 0. The molecule has 4 rings (SSSR count). The Morgan fingerprint density at radius 2 is 1.05 bits per heavy atom. The lowest BCUT2D eigenvalue weighted by Crippen LogP contribution is -2.60. The molecular formula is C38H74N4. The SMILES string of the molecule is CC(C)(C)CCCCN1CCC2(CC1)CCN(C(C)(C)C)C(CC(C)(C)N1CCC3(CCN(C(C)(C)C)CC3)CC1)C2. The fraction of sp³-hybridized carbons (Fsp3) is 1.00. The number of rotatable bonds is 7. The van der Waals surface area contributed by atoms with E-state index in [2.05, 4.69) is 95.8 Å². The summed E-state index contributed by atoms with van der Waals surface area (Å²) in [4.78, 5) is 11.4. The molecule has 0 amide bonds. The van der Waals surface area contributed by atoms with E-state index in [9.17, 15) is 0 Å². The molecule has 0 aliphatic carbocycles. The fourth-order valence-corrected chi connectivity index (χ4v) is 9.46. The molecule has 4 fully saturated rings. The lowest BCUT2D eigenvalue weighted by Gasteiger charge is -2.57. The number of hydrogen-bond acceptors (Lipinski definition) is 4. The van der Waals surface area contributed by atoms with Crippen molar-refractivity contribution in [2.75, 3.05) is 52.4 Å². The van der Waals surface area contributed by atoms with Crippen LogP contribution in [0.1, 0.15) is 153 Å². The molecule has 0 bridgehead atoms. The first-order valence-electron chi connectivity index (χ1n) is 18.3. The molecule has 4 nitrogen and oxygen atoms in total. The molecule has 4 saturated heterocycles. The number of likely N-dealkylation sites (tertiary alicyclic amines) is 4. The van der Waals surface area contributed by atoms with Crippen molar-refractivity contribution in [2.45, 2.75) is 176 Å². The van der Waals surface area contributed by atoms with E-state index in [0.29, 0.717) is 27.8 Å². The first-order chi connectivity index (χ1) is 19.3. The van der Waals surface area contributed by atoms with E-state index in [1.54, 1.807) is 0 Å². The second kappa shape index (κ2) is 12.9. The van der Waals surface area contributed by atoms with Crippen LogP contribution in [-0.2, 0) is 0 Å². The molecule has 1 atom stereocenters. The molecule has 1 unspecified atom stereocenters. The van der Waals surface area contributed by atoms with E-state index in [4.69, 9.17) is 0 Å². The Morgan fingerprint density at radius 1 is 0.548 bits per heavy atom. The highest BCUT2D eigenvalue weighted by atomic mass is 15.3. The summed E-state index contributed by atoms with van der Waals surface area (Å²) in [7, 11) is 0. The second-order valence-corrected chi connectivity index (χ2v) is 19.5. The molecule has 0 saturated carbocycles. The third-order valence-corrected chi connectivity index (χ3v) is 12.6. The predicted octanol–water partition coefficient (Wildman–Crippen LogP) is 8.69. The summed E-state index contributed by atoms with van der Waals surface area (Å²) in [6.45, 7) is 37.4. The van der Waals surface area contributed by atoms with Crippen molar-refractivity contribution >= 4 is 0 Å². The van der Waals surface area contributed by atoms with Crippen LogP contribution in [0.5, 0.6) is 0 Å². The van der Waals surface area contributed by atoms with Crippen LogP contribution in [0.25, 0.3) is 0 Å². The predicted molar refractivity (Wildman–Crippen MR) is 183 cm³/mol. The van der Waals surface area contributed by atoms with Crippen LogP contribution in [0.3, 0.4) is 0 Å². The standard InChI is InChI=1S/C38H74N4/c1-33(2,3)14-12-13-22-39-23-15-38(16-24-39)21-29-42(35(7,8)9)32(31-38)30-36(10,11)41-27-19-37(20-28-41)17-25-40(26-18-37)34(4,5)6/h32H,12-31H2,1-11H3. The number of piperidine rings is 4. The van der Waals surface area contributed by atoms with E-state index in [0.717, 1.165) is 0 Å². The van der Waals surface area contributed by atoms with E-state index in [1.165, 1.54) is 129 Å². The molecule has 0 aromatic rings. The zero-order valence-corrected chi connectivity index (χ0v) is 30.5. The number of nitrogens with zero attached hydrogens (tertiary/aromatic N) is 4. The minimum absolute atomic E-state index is 0.253. The van der Waals surface area contributed by atoms with Crippen LogP contribution in [-0.4, -0.2) is 94.6 Å². The maximum absolute atomic E-state index is 2.92. The van der Waals surface area contributed by atoms with Crippen molar-refractivity contribution < 1.29 is 0 Å². The van der Waals surface area contributed by atoms with Gasteiger partial charge in [-0.25, -0.2) is 0 Å². The molecule has 4 heteroatoms. The van der Waals surface area contributed by atoms with Gasteiger partial charge in [0.25, 0.3) is 0 Å². The highest BCUT2D eigenvalue weighted by Crippen LogP contribution is 2.48. The summed E-state index contributed by atoms with van der Waals surface area (Å²) in [5, 5.41) is 0. The maximum Gasteiger partial charge on any atom is 0.0168 e. The maximum atomic E-state index is 2.92. The lowest BCUT2D eigenvalue weighted by atomic mass is 9.66. The topological polar surface area (TPSA) is 13.0 Å². The normalized spacial score (nSPS) is 27.6. The Kier molecular flexibility index (Phi) is 10.7. The van der Waals surface area contributed by atoms with Crippen LogP contribution in [0, 0.1) is 16.2 Å². The monoisotopic (exact) mass is 587 g/mol. The molecule has 0 radical (unpaired) electrons. The Bertz CT molecular complexity index is 830. The van der Waals surface area contributed by atoms with Gasteiger partial charge in [-0.15, -0.1) is 0 Å². The quantitative estimate of drug-likeness (QED) is 0.277. The molecular weight excluding hydrogens is 512 g/mol. The molecule has 2 spiro atoms. The van der Waals surface area contributed by atoms with Crippen molar-refractivity contribution in [3.63, 3.8) is 0 Å². The Morgan fingerprint density at radius 3 is 1.55 bits per heavy atom. The highest BCUT2D eigenvalue weighted by molar-refractivity contribution is 5.02. The minimum atomic E-state index is 0.253. The second-order valence-electron chi connectivity index (χ2n) is 19.5. The van der Waals surface area contributed by atoms with Gasteiger partial charge in [0, 0.05) is 22.7 Å². The molecule has 4 aliphatic rings. The van der Waals surface area contributed by atoms with E-state index < -0.39 is 0 Å². The van der Waals surface area contributed by atoms with Gasteiger partial charge < -0.3 is 4.90 Å². The third kappa shape index (κ3) is 8.97. The lowest BCUT2D eigenvalue weighted by molar-refractivity contribution is -0.0652. The van der Waals surface area contributed by atoms with Crippen LogP contribution in [0.4, 0.5) is 0 Å². The fourth-order valence-electron chi connectivity index (χ4n) is 9.46. The Balaban J connectivity index is 1.32. The minimum Gasteiger partial charge on any atom is -0.303 e. The van der Waals surface area contributed by atoms with Crippen LogP contribution >= 0.6 is 0 Å². The largest absolute Gasteiger partial charge is 0.303 e. The van der Waals surface area contributed by atoms with Gasteiger partial charge in [-0.3, -0.25) is 14.7 Å². The summed E-state index contributed by atoms with van der Waals surface area (Å²) < 4.78 is 0. The van der Waals surface area contributed by atoms with Crippen molar-refractivity contribution in [3.05, 3.63) is 0 Å². The van der Waals surface area contributed by atoms with Gasteiger partial charge >= 0.3 is 0 Å². The molecule has 0 aromatic heterocycles. The van der Waals surface area contributed by atoms with Crippen molar-refractivity contribution in [3.8, 4) is 0 Å². The number of unbranched alkanes of at least 4 members (excludes halogenated alkanes) is 1. The Hall–Kier alpha value is -0.160. The van der Waals surface area contributed by atoms with Gasteiger partial charge in [0.2, 0.25) is 0 Å². The van der Waals surface area contributed by atoms with Gasteiger partial charge in [-0.1, -0.05) is 27.2 Å². The van der Waals surface area contributed by atoms with Crippen molar-refractivity contribution in [2.24, 2.45) is 16.2 Å². The van der Waals surface area contributed by atoms with E-state index in [-0.39, 0.29) is 11.1 Å². The van der Waals surface area contributed by atoms with Gasteiger partial charge in [-0.2, -0.15) is 0 Å². The van der Waals surface area contributed by atoms with Crippen molar-refractivity contribution in [1.29, 1.82) is 0 Å². The Labute approximate surface area is 263 Å². The molecule has 42 heavy (non-hydrogen) atoms. The third-order valence-electron chi connectivity index (χ3n) is 12.6. The average molecular weight is 587 g/mol. The van der Waals surface area contributed by atoms with Crippen LogP contribution in [0.2, 0.25) is 0 Å². The average Bonchev–Trinajstić information content (AvgIpc) is 2.86. The van der Waals surface area contributed by atoms with Crippen LogP contribution in [0.15, 0.2) is 0 Å². The molecule has 4 aliphatic heterocycles. The van der Waals surface area contributed by atoms with Gasteiger partial charge in [-0.05, 0) is 195 Å².